The highest BCUT2D eigenvalue weighted by atomic mass is 35.5. The number of benzene rings is 2. The second-order valence-corrected chi connectivity index (χ2v) is 8.52. The second-order valence-electron chi connectivity index (χ2n) is 7.73. The predicted octanol–water partition coefficient (Wildman–Crippen LogP) is 5.21. The van der Waals surface area contributed by atoms with Gasteiger partial charge in [0.25, 0.3) is 0 Å². The van der Waals surface area contributed by atoms with Crippen molar-refractivity contribution in [2.45, 2.75) is 32.9 Å². The van der Waals surface area contributed by atoms with Crippen molar-refractivity contribution >= 4 is 52.3 Å². The van der Waals surface area contributed by atoms with E-state index in [0.29, 0.717) is 33.3 Å². The van der Waals surface area contributed by atoms with Gasteiger partial charge in [-0.05, 0) is 68.9 Å². The van der Waals surface area contributed by atoms with Gasteiger partial charge in [0, 0.05) is 24.1 Å². The molecule has 0 unspecified atom stereocenters. The van der Waals surface area contributed by atoms with Crippen LogP contribution in [0.2, 0.25) is 5.02 Å². The monoisotopic (exact) mass is 490 g/mol. The van der Waals surface area contributed by atoms with Crippen molar-refractivity contribution in [2.75, 3.05) is 17.7 Å². The number of halogens is 2. The number of thiocarbonyl (C=S) groups is 1. The maximum atomic E-state index is 13.3. The average molecular weight is 491 g/mol. The lowest BCUT2D eigenvalue weighted by Crippen LogP contribution is -2.46. The third-order valence-electron chi connectivity index (χ3n) is 4.97. The van der Waals surface area contributed by atoms with E-state index in [1.165, 1.54) is 18.2 Å². The highest BCUT2D eigenvalue weighted by molar-refractivity contribution is 7.80. The van der Waals surface area contributed by atoms with Crippen molar-refractivity contribution in [2.24, 2.45) is 0 Å². The second kappa shape index (κ2) is 10.2. The molecule has 2 amide bonds. The van der Waals surface area contributed by atoms with E-state index in [-0.39, 0.29) is 11.1 Å². The van der Waals surface area contributed by atoms with Gasteiger partial charge in [-0.25, -0.2) is 14.0 Å². The van der Waals surface area contributed by atoms with Gasteiger partial charge in [-0.15, -0.1) is 0 Å². The Morgan fingerprint density at radius 3 is 2.48 bits per heavy atom. The van der Waals surface area contributed by atoms with E-state index in [1.54, 1.807) is 50.9 Å². The van der Waals surface area contributed by atoms with Crippen LogP contribution >= 0.6 is 23.8 Å². The minimum absolute atomic E-state index is 0.0953. The third kappa shape index (κ3) is 5.80. The quantitative estimate of drug-likeness (QED) is 0.394. The Bertz CT molecular complexity index is 1140. The van der Waals surface area contributed by atoms with Crippen LogP contribution in [0.3, 0.4) is 0 Å². The lowest BCUT2D eigenvalue weighted by Gasteiger charge is -2.35. The molecule has 174 valence electrons. The van der Waals surface area contributed by atoms with Gasteiger partial charge in [0.2, 0.25) is 0 Å². The first kappa shape index (κ1) is 24.5. The van der Waals surface area contributed by atoms with E-state index < -0.39 is 23.9 Å². The zero-order valence-corrected chi connectivity index (χ0v) is 20.1. The van der Waals surface area contributed by atoms with Gasteiger partial charge in [0.1, 0.15) is 5.82 Å². The summed E-state index contributed by atoms with van der Waals surface area (Å²) in [5.41, 5.74) is 2.65. The number of carbonyl (C=O) groups is 2. The van der Waals surface area contributed by atoms with E-state index in [4.69, 9.17) is 28.6 Å². The molecule has 1 heterocycles. The fourth-order valence-electron chi connectivity index (χ4n) is 3.29. The molecule has 33 heavy (non-hydrogen) atoms. The van der Waals surface area contributed by atoms with E-state index in [9.17, 15) is 14.0 Å². The van der Waals surface area contributed by atoms with E-state index >= 15 is 0 Å². The first-order valence-corrected chi connectivity index (χ1v) is 10.9. The first-order chi connectivity index (χ1) is 15.6. The fourth-order valence-corrected chi connectivity index (χ4v) is 3.73. The summed E-state index contributed by atoms with van der Waals surface area (Å²) in [4.78, 5) is 27.0. The summed E-state index contributed by atoms with van der Waals surface area (Å²) in [5.74, 6) is -1.02. The number of hydrogen-bond acceptors (Lipinski definition) is 4. The molecule has 2 aromatic rings. The average Bonchev–Trinajstić information content (AvgIpc) is 2.74. The Labute approximate surface area is 201 Å². The van der Waals surface area contributed by atoms with Crippen molar-refractivity contribution in [1.82, 2.24) is 10.2 Å². The van der Waals surface area contributed by atoms with Gasteiger partial charge in [0.05, 0.1) is 22.7 Å². The van der Waals surface area contributed by atoms with Crippen LogP contribution in [0.5, 0.6) is 0 Å². The molecule has 3 N–H and O–H groups in total. The molecule has 1 aliphatic rings. The first-order valence-electron chi connectivity index (χ1n) is 10.2. The van der Waals surface area contributed by atoms with Crippen LogP contribution in [-0.4, -0.2) is 35.2 Å². The molecule has 3 rings (SSSR count). The van der Waals surface area contributed by atoms with Gasteiger partial charge in [-0.1, -0.05) is 23.7 Å². The highest BCUT2D eigenvalue weighted by Gasteiger charge is 2.34. The number of nitrogens with zero attached hydrogens (tertiary/aromatic N) is 1. The van der Waals surface area contributed by atoms with E-state index in [2.05, 4.69) is 16.0 Å². The Morgan fingerprint density at radius 2 is 1.85 bits per heavy atom. The van der Waals surface area contributed by atoms with Gasteiger partial charge < -0.3 is 25.6 Å². The summed E-state index contributed by atoms with van der Waals surface area (Å²) >= 11 is 11.2. The topological polar surface area (TPSA) is 82.7 Å². The number of hydrogen-bond donors (Lipinski definition) is 3. The van der Waals surface area contributed by atoms with Crippen molar-refractivity contribution in [3.8, 4) is 0 Å². The number of ether oxygens (including phenoxy) is 1. The molecule has 0 aliphatic carbocycles. The third-order valence-corrected chi connectivity index (χ3v) is 5.65. The Morgan fingerprint density at radius 1 is 1.18 bits per heavy atom. The van der Waals surface area contributed by atoms with Crippen molar-refractivity contribution in [1.29, 1.82) is 0 Å². The van der Waals surface area contributed by atoms with E-state index in [1.807, 2.05) is 6.07 Å². The number of urea groups is 1. The van der Waals surface area contributed by atoms with Crippen LogP contribution in [0, 0.1) is 5.82 Å². The molecule has 7 nitrogen and oxygen atoms in total. The molecule has 1 atom stereocenters. The molecule has 0 aromatic heterocycles. The number of esters is 1. The molecule has 0 spiro atoms. The smallest absolute Gasteiger partial charge is 0.338 e. The molecule has 10 heteroatoms. The normalized spacial score (nSPS) is 15.9. The molecule has 0 saturated carbocycles. The minimum atomic E-state index is -0.575. The number of rotatable bonds is 5. The minimum Gasteiger partial charge on any atom is -0.459 e. The Balaban J connectivity index is 1.84. The van der Waals surface area contributed by atoms with Crippen LogP contribution in [0.25, 0.3) is 0 Å². The number of allylic oxidation sites excluding steroid dienone is 1. The van der Waals surface area contributed by atoms with Crippen LogP contribution in [0.4, 0.5) is 20.6 Å². The zero-order chi connectivity index (χ0) is 24.3. The highest BCUT2D eigenvalue weighted by Crippen LogP contribution is 2.32. The molecule has 0 fully saturated rings. The summed E-state index contributed by atoms with van der Waals surface area (Å²) < 4.78 is 18.8. The molecular weight excluding hydrogens is 467 g/mol. The molecule has 1 aliphatic heterocycles. The molecule has 0 radical (unpaired) electrons. The molecule has 0 bridgehead atoms. The summed E-state index contributed by atoms with van der Waals surface area (Å²) in [6, 6.07) is 9.81. The van der Waals surface area contributed by atoms with Gasteiger partial charge in [0.15, 0.2) is 5.11 Å². The van der Waals surface area contributed by atoms with Crippen molar-refractivity contribution < 1.29 is 18.7 Å². The van der Waals surface area contributed by atoms with Crippen molar-refractivity contribution in [3.63, 3.8) is 0 Å². The number of amides is 2. The number of nitrogens with one attached hydrogen (secondary N) is 3. The number of carbonyl (C=O) groups excluding carboxylic acids is 2. The predicted molar refractivity (Wildman–Crippen MR) is 131 cm³/mol. The lowest BCUT2D eigenvalue weighted by atomic mass is 9.94. The lowest BCUT2D eigenvalue weighted by molar-refractivity contribution is -0.143. The maximum Gasteiger partial charge on any atom is 0.338 e. The van der Waals surface area contributed by atoms with E-state index in [0.717, 1.165) is 0 Å². The summed E-state index contributed by atoms with van der Waals surface area (Å²) in [5, 5.41) is 8.85. The SMILES string of the molecule is CC1=C(C(=O)OC(C)C)[C@H](c2cccc(NC(=O)Nc3ccc(F)c(Cl)c3)c2)NC(=S)N1C. The van der Waals surface area contributed by atoms with Gasteiger partial charge >= 0.3 is 12.0 Å². The Hall–Kier alpha value is -3.17. The van der Waals surface area contributed by atoms with Crippen molar-refractivity contribution in [3.05, 3.63) is 70.1 Å². The van der Waals surface area contributed by atoms with Crippen LogP contribution < -0.4 is 16.0 Å². The fraction of sp³-hybridized carbons (Fsp3) is 0.261. The summed E-state index contributed by atoms with van der Waals surface area (Å²) in [7, 11) is 1.77. The van der Waals surface area contributed by atoms with Crippen LogP contribution in [0.1, 0.15) is 32.4 Å². The molecular formula is C23H24ClFN4O3S. The van der Waals surface area contributed by atoms with Gasteiger partial charge in [-0.3, -0.25) is 0 Å². The summed E-state index contributed by atoms with van der Waals surface area (Å²) in [6.07, 6.45) is -0.283. The zero-order valence-electron chi connectivity index (χ0n) is 18.5. The molecule has 0 saturated heterocycles. The Kier molecular flexibility index (Phi) is 7.55. The maximum absolute atomic E-state index is 13.3. The largest absolute Gasteiger partial charge is 0.459 e. The van der Waals surface area contributed by atoms with Crippen LogP contribution in [-0.2, 0) is 9.53 Å². The number of anilines is 2. The summed E-state index contributed by atoms with van der Waals surface area (Å²) in [6.45, 7) is 5.37. The standard InChI is InChI=1S/C23H24ClFN4O3S/c1-12(2)32-21(30)19-13(3)29(4)23(33)28-20(19)14-6-5-7-15(10-14)26-22(31)27-16-8-9-18(25)17(24)11-16/h5-12,20H,1-4H3,(H,28,33)(H2,26,27,31)/t20-/m0/s1. The van der Waals surface area contributed by atoms with Gasteiger partial charge in [-0.2, -0.15) is 0 Å². The van der Waals surface area contributed by atoms with Crippen LogP contribution in [0.15, 0.2) is 53.7 Å². The molecule has 2 aromatic carbocycles.